The van der Waals surface area contributed by atoms with Crippen molar-refractivity contribution in [1.82, 2.24) is 14.8 Å². The van der Waals surface area contributed by atoms with Gasteiger partial charge in [0.15, 0.2) is 5.16 Å². The van der Waals surface area contributed by atoms with Crippen molar-refractivity contribution >= 4 is 17.7 Å². The Morgan fingerprint density at radius 1 is 1.33 bits per heavy atom. The molecule has 2 rings (SSSR count). The highest BCUT2D eigenvalue weighted by molar-refractivity contribution is 7.99. The Morgan fingerprint density at radius 2 is 2.11 bits per heavy atom. The van der Waals surface area contributed by atoms with Crippen LogP contribution in [-0.2, 0) is 11.3 Å². The maximum atomic E-state index is 5.36. The Morgan fingerprint density at radius 3 is 2.78 bits per heavy atom. The van der Waals surface area contributed by atoms with Crippen LogP contribution in [0, 0.1) is 11.8 Å². The number of morpholine rings is 1. The average Bonchev–Trinajstić information content (AvgIpc) is 2.83. The molecule has 6 heteroatoms. The summed E-state index contributed by atoms with van der Waals surface area (Å²) in [5.74, 6) is 7.64. The molecule has 1 saturated heterocycles. The monoisotopic (exact) mass is 266 g/mol. The van der Waals surface area contributed by atoms with Crippen LogP contribution in [0.5, 0.6) is 0 Å². The number of hydrogen-bond donors (Lipinski definition) is 0. The molecule has 98 valence electrons. The summed E-state index contributed by atoms with van der Waals surface area (Å²) in [4.78, 5) is 2.23. The first kappa shape index (κ1) is 13.2. The van der Waals surface area contributed by atoms with Gasteiger partial charge < -0.3 is 9.64 Å². The topological polar surface area (TPSA) is 43.2 Å². The van der Waals surface area contributed by atoms with Crippen molar-refractivity contribution in [2.45, 2.75) is 25.5 Å². The first-order chi connectivity index (χ1) is 8.86. The van der Waals surface area contributed by atoms with Crippen molar-refractivity contribution in [3.63, 3.8) is 0 Å². The molecule has 0 radical (unpaired) electrons. The molecular formula is C12H18N4OS. The Balaban J connectivity index is 2.11. The van der Waals surface area contributed by atoms with Gasteiger partial charge in [-0.2, -0.15) is 0 Å². The van der Waals surface area contributed by atoms with E-state index >= 15 is 0 Å². The SMILES string of the molecule is CC#CCSc1nnc(N2CCOCC2)n1CC. The van der Waals surface area contributed by atoms with E-state index in [4.69, 9.17) is 4.74 Å². The molecule has 1 aromatic heterocycles. The molecule has 0 atom stereocenters. The van der Waals surface area contributed by atoms with Gasteiger partial charge in [-0.1, -0.05) is 17.7 Å². The lowest BCUT2D eigenvalue weighted by Gasteiger charge is -2.27. The second-order valence-electron chi connectivity index (χ2n) is 3.84. The highest BCUT2D eigenvalue weighted by atomic mass is 32.2. The molecule has 0 unspecified atom stereocenters. The summed E-state index contributed by atoms with van der Waals surface area (Å²) in [7, 11) is 0. The number of aromatic nitrogens is 3. The van der Waals surface area contributed by atoms with Crippen molar-refractivity contribution in [3.05, 3.63) is 0 Å². The fraction of sp³-hybridized carbons (Fsp3) is 0.667. The van der Waals surface area contributed by atoms with E-state index in [2.05, 4.69) is 38.4 Å². The van der Waals surface area contributed by atoms with Gasteiger partial charge >= 0.3 is 0 Å². The summed E-state index contributed by atoms with van der Waals surface area (Å²) >= 11 is 1.64. The first-order valence-corrected chi connectivity index (χ1v) is 7.13. The third kappa shape index (κ3) is 2.98. The number of rotatable bonds is 4. The van der Waals surface area contributed by atoms with Gasteiger partial charge in [-0.15, -0.1) is 16.1 Å². The van der Waals surface area contributed by atoms with Gasteiger partial charge in [0, 0.05) is 19.6 Å². The summed E-state index contributed by atoms with van der Waals surface area (Å²) in [6, 6.07) is 0. The van der Waals surface area contributed by atoms with E-state index in [1.807, 2.05) is 6.92 Å². The normalized spacial score (nSPS) is 15.3. The Kier molecular flexibility index (Phi) is 4.90. The predicted octanol–water partition coefficient (Wildman–Crippen LogP) is 1.25. The molecule has 0 aromatic carbocycles. The van der Waals surface area contributed by atoms with Gasteiger partial charge in [0.2, 0.25) is 5.95 Å². The molecule has 0 amide bonds. The smallest absolute Gasteiger partial charge is 0.228 e. The van der Waals surface area contributed by atoms with Crippen LogP contribution in [0.25, 0.3) is 0 Å². The number of thioether (sulfide) groups is 1. The van der Waals surface area contributed by atoms with E-state index < -0.39 is 0 Å². The van der Waals surface area contributed by atoms with Crippen LogP contribution in [0.4, 0.5) is 5.95 Å². The van der Waals surface area contributed by atoms with Gasteiger partial charge in [0.25, 0.3) is 0 Å². The molecule has 5 nitrogen and oxygen atoms in total. The zero-order valence-corrected chi connectivity index (χ0v) is 11.7. The molecule has 1 aliphatic heterocycles. The number of nitrogens with zero attached hydrogens (tertiary/aromatic N) is 4. The summed E-state index contributed by atoms with van der Waals surface area (Å²) in [5, 5.41) is 9.51. The largest absolute Gasteiger partial charge is 0.378 e. The van der Waals surface area contributed by atoms with E-state index in [9.17, 15) is 0 Å². The second kappa shape index (κ2) is 6.66. The molecule has 1 fully saturated rings. The van der Waals surface area contributed by atoms with Gasteiger partial charge in [-0.05, 0) is 13.8 Å². The minimum atomic E-state index is 0.762. The maximum Gasteiger partial charge on any atom is 0.228 e. The first-order valence-electron chi connectivity index (χ1n) is 6.15. The van der Waals surface area contributed by atoms with E-state index in [1.54, 1.807) is 11.8 Å². The van der Waals surface area contributed by atoms with Gasteiger partial charge in [-0.3, -0.25) is 4.57 Å². The zero-order valence-electron chi connectivity index (χ0n) is 10.8. The lowest BCUT2D eigenvalue weighted by atomic mass is 10.4. The number of anilines is 1. The minimum absolute atomic E-state index is 0.762. The molecule has 0 spiro atoms. The van der Waals surface area contributed by atoms with Crippen molar-refractivity contribution < 1.29 is 4.74 Å². The molecule has 0 saturated carbocycles. The van der Waals surface area contributed by atoms with Gasteiger partial charge in [-0.25, -0.2) is 0 Å². The van der Waals surface area contributed by atoms with E-state index in [1.165, 1.54) is 0 Å². The Labute approximate surface area is 112 Å². The number of hydrogen-bond acceptors (Lipinski definition) is 5. The summed E-state index contributed by atoms with van der Waals surface area (Å²) in [6.07, 6.45) is 0. The Hall–Kier alpha value is -1.19. The van der Waals surface area contributed by atoms with Crippen LogP contribution in [0.15, 0.2) is 5.16 Å². The molecular weight excluding hydrogens is 248 g/mol. The fourth-order valence-corrected chi connectivity index (χ4v) is 2.65. The van der Waals surface area contributed by atoms with Gasteiger partial charge in [0.05, 0.1) is 19.0 Å². The van der Waals surface area contributed by atoms with Crippen LogP contribution in [0.3, 0.4) is 0 Å². The molecule has 0 N–H and O–H groups in total. The summed E-state index contributed by atoms with van der Waals surface area (Å²) in [5.41, 5.74) is 0. The average molecular weight is 266 g/mol. The van der Waals surface area contributed by atoms with E-state index in [0.29, 0.717) is 0 Å². The van der Waals surface area contributed by atoms with Crippen LogP contribution < -0.4 is 4.90 Å². The van der Waals surface area contributed by atoms with Crippen LogP contribution >= 0.6 is 11.8 Å². The standard InChI is InChI=1S/C12H18N4OS/c1-3-5-10-18-12-14-13-11(16(12)4-2)15-6-8-17-9-7-15/h4,6-10H2,1-2H3. The van der Waals surface area contributed by atoms with Crippen LogP contribution in [-0.4, -0.2) is 46.8 Å². The molecule has 0 aliphatic carbocycles. The summed E-state index contributed by atoms with van der Waals surface area (Å²) in [6.45, 7) is 8.14. The molecule has 1 aliphatic rings. The lowest BCUT2D eigenvalue weighted by Crippen LogP contribution is -2.38. The van der Waals surface area contributed by atoms with Crippen molar-refractivity contribution in [2.24, 2.45) is 0 Å². The molecule has 2 heterocycles. The van der Waals surface area contributed by atoms with Gasteiger partial charge in [0.1, 0.15) is 0 Å². The predicted molar refractivity (Wildman–Crippen MR) is 72.9 cm³/mol. The van der Waals surface area contributed by atoms with Crippen molar-refractivity contribution in [3.8, 4) is 11.8 Å². The van der Waals surface area contributed by atoms with E-state index in [-0.39, 0.29) is 0 Å². The van der Waals surface area contributed by atoms with Crippen LogP contribution in [0.1, 0.15) is 13.8 Å². The Bertz CT molecular complexity index is 443. The zero-order chi connectivity index (χ0) is 12.8. The van der Waals surface area contributed by atoms with Crippen molar-refractivity contribution in [1.29, 1.82) is 0 Å². The minimum Gasteiger partial charge on any atom is -0.378 e. The molecule has 0 bridgehead atoms. The fourth-order valence-electron chi connectivity index (χ4n) is 1.83. The number of ether oxygens (including phenoxy) is 1. The third-order valence-electron chi connectivity index (χ3n) is 2.76. The maximum absolute atomic E-state index is 5.36. The highest BCUT2D eigenvalue weighted by Crippen LogP contribution is 2.22. The summed E-state index contributed by atoms with van der Waals surface area (Å²) < 4.78 is 7.50. The van der Waals surface area contributed by atoms with Crippen molar-refractivity contribution in [2.75, 3.05) is 37.0 Å². The van der Waals surface area contributed by atoms with E-state index in [0.717, 1.165) is 49.7 Å². The third-order valence-corrected chi connectivity index (χ3v) is 3.61. The second-order valence-corrected chi connectivity index (χ2v) is 4.78. The molecule has 18 heavy (non-hydrogen) atoms. The molecule has 1 aromatic rings. The quantitative estimate of drug-likeness (QED) is 0.606. The lowest BCUT2D eigenvalue weighted by molar-refractivity contribution is 0.121. The highest BCUT2D eigenvalue weighted by Gasteiger charge is 2.19. The van der Waals surface area contributed by atoms with Crippen LogP contribution in [0.2, 0.25) is 0 Å².